The number of carboxylic acid groups (broad SMARTS) is 1. The number of nitrogens with zero attached hydrogens (tertiary/aromatic N) is 3. The first kappa shape index (κ1) is 28.3. The van der Waals surface area contributed by atoms with Gasteiger partial charge in [0.05, 0.1) is 11.4 Å². The summed E-state index contributed by atoms with van der Waals surface area (Å²) in [7, 11) is -2.32. The van der Waals surface area contributed by atoms with E-state index in [0.717, 1.165) is 30.5 Å². The van der Waals surface area contributed by atoms with Crippen LogP contribution in [0.5, 0.6) is 0 Å². The fourth-order valence-corrected chi connectivity index (χ4v) is 6.02. The fraction of sp³-hybridized carbons (Fsp3) is 0.345. The highest BCUT2D eigenvalue weighted by Crippen LogP contribution is 2.39. The van der Waals surface area contributed by atoms with Crippen molar-refractivity contribution in [1.29, 1.82) is 0 Å². The zero-order valence-electron chi connectivity index (χ0n) is 22.4. The van der Waals surface area contributed by atoms with Gasteiger partial charge in [0, 0.05) is 22.9 Å². The average Bonchev–Trinajstić information content (AvgIpc) is 3.46. The van der Waals surface area contributed by atoms with Crippen molar-refractivity contribution in [2.24, 2.45) is 11.1 Å². The lowest BCUT2D eigenvalue weighted by Gasteiger charge is -2.24. The quantitative estimate of drug-likeness (QED) is 0.172. The number of carboxylic acids is 1. The van der Waals surface area contributed by atoms with E-state index in [1.165, 1.54) is 34.9 Å². The highest BCUT2D eigenvalue weighted by molar-refractivity contribution is 7.82. The van der Waals surface area contributed by atoms with Gasteiger partial charge in [0.2, 0.25) is 10.0 Å². The topological polar surface area (TPSA) is 111 Å². The van der Waals surface area contributed by atoms with Gasteiger partial charge in [0.1, 0.15) is 5.82 Å². The molecular formula is C29H31F2N4O3S2+. The van der Waals surface area contributed by atoms with Gasteiger partial charge < -0.3 is 5.11 Å². The van der Waals surface area contributed by atoms with E-state index in [1.54, 1.807) is 16.8 Å². The van der Waals surface area contributed by atoms with Crippen molar-refractivity contribution in [2.45, 2.75) is 63.2 Å². The minimum Gasteiger partial charge on any atom is -0.476 e. The van der Waals surface area contributed by atoms with Gasteiger partial charge in [-0.15, -0.1) is 16.5 Å². The highest BCUT2D eigenvalue weighted by Gasteiger charge is 2.30. The zero-order chi connectivity index (χ0) is 28.8. The molecule has 2 heterocycles. The lowest BCUT2D eigenvalue weighted by Crippen LogP contribution is -2.17. The second-order valence-corrected chi connectivity index (χ2v) is 12.8. The summed E-state index contributed by atoms with van der Waals surface area (Å²) in [6, 6.07) is 9.43. The van der Waals surface area contributed by atoms with Crippen molar-refractivity contribution in [3.63, 3.8) is 0 Å². The third-order valence-corrected chi connectivity index (χ3v) is 9.30. The number of thiol groups is 1. The lowest BCUT2D eigenvalue weighted by molar-refractivity contribution is 0.0691. The summed E-state index contributed by atoms with van der Waals surface area (Å²) in [5, 5.41) is 21.7. The van der Waals surface area contributed by atoms with Crippen molar-refractivity contribution in [3.8, 4) is 16.4 Å². The number of halogens is 2. The lowest BCUT2D eigenvalue weighted by atomic mass is 9.81. The summed E-state index contributed by atoms with van der Waals surface area (Å²) in [6.07, 6.45) is 3.85. The maximum absolute atomic E-state index is 15.0. The summed E-state index contributed by atoms with van der Waals surface area (Å²) in [6.45, 7) is 5.99. The van der Waals surface area contributed by atoms with Gasteiger partial charge in [-0.1, -0.05) is 31.0 Å². The molecule has 1 aliphatic carbocycles. The normalized spacial score (nSPS) is 14.4. The summed E-state index contributed by atoms with van der Waals surface area (Å²) in [4.78, 5) is 15.8. The maximum atomic E-state index is 15.0. The summed E-state index contributed by atoms with van der Waals surface area (Å²) >= 11 is 1.18. The zero-order valence-corrected chi connectivity index (χ0v) is 24.2. The Labute approximate surface area is 237 Å². The standard InChI is InChI=1S/C29H30F2N4O3S2/c1-4-29(2,3)20-14-18(8-9-21(20)30)26-19(11-17-7-10-25(40(32)38)22(31)12-17)24(13-16-5-6-16)35(34-26)28-33-23(15-39-28)27(36)37/h7-10,12,14-16H,4-6,11,13H2,1-3H3,(H2,32,38)(H,36,37)/p+1. The molecule has 2 aromatic carbocycles. The van der Waals surface area contributed by atoms with Crippen LogP contribution < -0.4 is 5.14 Å². The average molecular weight is 586 g/mol. The van der Waals surface area contributed by atoms with Crippen LogP contribution in [0.2, 0.25) is 0 Å². The molecule has 1 unspecified atom stereocenters. The molecule has 0 spiro atoms. The fourth-order valence-electron chi connectivity index (χ4n) is 4.75. The van der Waals surface area contributed by atoms with Crippen LogP contribution in [0, 0.1) is 17.6 Å². The Morgan fingerprint density at radius 1 is 1.20 bits per heavy atom. The minimum absolute atomic E-state index is 0.0400. The second kappa shape index (κ2) is 10.9. The Hall–Kier alpha value is -3.28. The molecular weight excluding hydrogens is 554 g/mol. The molecule has 1 fully saturated rings. The van der Waals surface area contributed by atoms with Crippen LogP contribution >= 0.6 is 11.3 Å². The van der Waals surface area contributed by atoms with Crippen LogP contribution in [0.3, 0.4) is 0 Å². The Morgan fingerprint density at radius 3 is 2.55 bits per heavy atom. The van der Waals surface area contributed by atoms with Crippen molar-refractivity contribution in [3.05, 3.63) is 81.5 Å². The smallest absolute Gasteiger partial charge is 0.355 e. The molecule has 0 saturated heterocycles. The van der Waals surface area contributed by atoms with Crippen LogP contribution in [0.25, 0.3) is 16.4 Å². The van der Waals surface area contributed by atoms with E-state index in [9.17, 15) is 18.5 Å². The van der Waals surface area contributed by atoms with Crippen LogP contribution in [0.1, 0.15) is 72.9 Å². The molecule has 210 valence electrons. The number of thiazole rings is 1. The molecule has 0 aliphatic heterocycles. The van der Waals surface area contributed by atoms with Crippen molar-refractivity contribution in [1.82, 2.24) is 14.8 Å². The van der Waals surface area contributed by atoms with Crippen LogP contribution in [-0.4, -0.2) is 25.8 Å². The molecule has 0 radical (unpaired) electrons. The number of aromatic carboxylic acids is 1. The van der Waals surface area contributed by atoms with Gasteiger partial charge in [-0.3, -0.25) is 0 Å². The van der Waals surface area contributed by atoms with E-state index < -0.39 is 28.2 Å². The number of aromatic nitrogens is 3. The first-order valence-electron chi connectivity index (χ1n) is 13.1. The summed E-state index contributed by atoms with van der Waals surface area (Å²) < 4.78 is 43.2. The van der Waals surface area contributed by atoms with Crippen molar-refractivity contribution in [2.75, 3.05) is 0 Å². The van der Waals surface area contributed by atoms with Gasteiger partial charge in [0.15, 0.2) is 22.5 Å². The van der Waals surface area contributed by atoms with Crippen LogP contribution in [0.4, 0.5) is 8.78 Å². The van der Waals surface area contributed by atoms with Crippen molar-refractivity contribution >= 4 is 28.3 Å². The summed E-state index contributed by atoms with van der Waals surface area (Å²) in [5.74, 6) is -1.62. The molecule has 1 aliphatic rings. The first-order valence-corrected chi connectivity index (χ1v) is 15.3. The maximum Gasteiger partial charge on any atom is 0.355 e. The number of nitrogens with two attached hydrogens (primary N) is 1. The Balaban J connectivity index is 1.72. The molecule has 3 N–H and O–H groups in total. The van der Waals surface area contributed by atoms with Crippen LogP contribution in [-0.2, 0) is 33.5 Å². The molecule has 11 heteroatoms. The largest absolute Gasteiger partial charge is 0.476 e. The van der Waals surface area contributed by atoms with E-state index in [4.69, 9.17) is 10.2 Å². The number of hydrogen-bond donors (Lipinski definition) is 2. The Bertz CT molecular complexity index is 1630. The second-order valence-electron chi connectivity index (χ2n) is 10.9. The Kier molecular flexibility index (Phi) is 7.73. The number of benzene rings is 2. The SMILES string of the molecule is CCC(C)(C)c1cc(-c2nn(-c3nc(C(=O)O)cs3)c(CC3CC3)c2Cc2ccc([SH+](N)=O)c(F)c2)ccc1F. The molecule has 0 amide bonds. The molecule has 1 atom stereocenters. The monoisotopic (exact) mass is 585 g/mol. The van der Waals surface area contributed by atoms with E-state index in [2.05, 4.69) is 4.98 Å². The minimum atomic E-state index is -2.32. The van der Waals surface area contributed by atoms with E-state index in [1.807, 2.05) is 26.8 Å². The molecule has 5 rings (SSSR count). The van der Waals surface area contributed by atoms with Gasteiger partial charge >= 0.3 is 5.97 Å². The predicted octanol–water partition coefficient (Wildman–Crippen LogP) is 6.13. The van der Waals surface area contributed by atoms with Crippen molar-refractivity contribution < 1.29 is 22.9 Å². The van der Waals surface area contributed by atoms with E-state index in [-0.39, 0.29) is 16.4 Å². The van der Waals surface area contributed by atoms with Gasteiger partial charge in [-0.25, -0.2) is 23.2 Å². The molecule has 7 nitrogen and oxygen atoms in total. The molecule has 1 saturated carbocycles. The summed E-state index contributed by atoms with van der Waals surface area (Å²) in [5.41, 5.74) is 3.72. The molecule has 4 aromatic rings. The van der Waals surface area contributed by atoms with Gasteiger partial charge in [-0.05, 0) is 78.5 Å². The molecule has 40 heavy (non-hydrogen) atoms. The highest BCUT2D eigenvalue weighted by atomic mass is 32.2. The van der Waals surface area contributed by atoms with Gasteiger partial charge in [-0.2, -0.15) is 5.10 Å². The predicted molar refractivity (Wildman–Crippen MR) is 152 cm³/mol. The van der Waals surface area contributed by atoms with E-state index >= 15 is 4.39 Å². The third kappa shape index (κ3) is 5.63. The molecule has 2 aromatic heterocycles. The number of hydrogen-bond acceptors (Lipinski definition) is 5. The van der Waals surface area contributed by atoms with Gasteiger partial charge in [0.25, 0.3) is 0 Å². The van der Waals surface area contributed by atoms with Crippen LogP contribution in [0.15, 0.2) is 46.7 Å². The Morgan fingerprint density at radius 2 is 1.95 bits per heavy atom. The number of carbonyl (C=O) groups is 1. The molecule has 0 bridgehead atoms. The van der Waals surface area contributed by atoms with E-state index in [0.29, 0.717) is 46.3 Å². The third-order valence-electron chi connectivity index (χ3n) is 7.64. The number of rotatable bonds is 10. The first-order chi connectivity index (χ1) is 19.0.